The molecule has 3 aliphatic rings. The number of fused-ring (bicyclic) bond motifs is 1. The molecule has 1 aliphatic carbocycles. The zero-order chi connectivity index (χ0) is 15.2. The molecule has 1 N–H and O–H groups in total. The Morgan fingerprint density at radius 1 is 1.17 bits per heavy atom. The first-order valence-electron chi connectivity index (χ1n) is 8.45. The molecule has 23 heavy (non-hydrogen) atoms. The molecule has 0 unspecified atom stereocenters. The summed E-state index contributed by atoms with van der Waals surface area (Å²) in [6, 6.07) is 7.88. The average Bonchev–Trinajstić information content (AvgIpc) is 3.26. The second-order valence-electron chi connectivity index (χ2n) is 7.14. The molecular formula is C18H24Cl2N2O. The third-order valence-electron chi connectivity index (χ3n) is 5.84. The zero-order valence-corrected chi connectivity index (χ0v) is 14.8. The standard InChI is InChI=1S/C18H23ClN2O.ClH/c19-16-3-1-2-15(10-16)18(6-7-18)17(22)21-8-4-13-11-20-12-14(13)5-9-21;/h1-3,10,13-14,20H,4-9,11-12H2;1H/t13-,14+;. The molecule has 3 fully saturated rings. The van der Waals surface area contributed by atoms with Crippen molar-refractivity contribution in [2.24, 2.45) is 11.8 Å². The van der Waals surface area contributed by atoms with Gasteiger partial charge in [-0.25, -0.2) is 0 Å². The van der Waals surface area contributed by atoms with Gasteiger partial charge in [0.25, 0.3) is 0 Å². The molecule has 1 saturated carbocycles. The third kappa shape index (κ3) is 3.11. The minimum Gasteiger partial charge on any atom is -0.342 e. The van der Waals surface area contributed by atoms with Gasteiger partial charge in [0.2, 0.25) is 5.91 Å². The Balaban J connectivity index is 0.00000156. The number of likely N-dealkylation sites (tertiary alicyclic amines) is 1. The number of halogens is 2. The summed E-state index contributed by atoms with van der Waals surface area (Å²) in [4.78, 5) is 15.3. The molecule has 4 rings (SSSR count). The van der Waals surface area contributed by atoms with E-state index in [0.717, 1.165) is 74.3 Å². The number of amides is 1. The molecule has 3 nitrogen and oxygen atoms in total. The van der Waals surface area contributed by atoms with Crippen LogP contribution in [0.4, 0.5) is 0 Å². The molecule has 2 heterocycles. The first kappa shape index (κ1) is 17.1. The maximum absolute atomic E-state index is 13.1. The molecule has 0 spiro atoms. The van der Waals surface area contributed by atoms with Gasteiger partial charge in [0.05, 0.1) is 5.41 Å². The van der Waals surface area contributed by atoms with E-state index >= 15 is 0 Å². The van der Waals surface area contributed by atoms with Crippen LogP contribution >= 0.6 is 24.0 Å². The SMILES string of the molecule is Cl.O=C(N1CC[C@@H]2CNC[C@@H]2CC1)C1(c2cccc(Cl)c2)CC1. The molecule has 0 aromatic heterocycles. The topological polar surface area (TPSA) is 32.3 Å². The summed E-state index contributed by atoms with van der Waals surface area (Å²) in [7, 11) is 0. The van der Waals surface area contributed by atoms with E-state index in [0.29, 0.717) is 5.91 Å². The van der Waals surface area contributed by atoms with E-state index in [1.165, 1.54) is 0 Å². The highest BCUT2D eigenvalue weighted by Crippen LogP contribution is 2.50. The molecule has 1 aromatic carbocycles. The minimum absolute atomic E-state index is 0. The van der Waals surface area contributed by atoms with Gasteiger partial charge in [0.15, 0.2) is 0 Å². The Hall–Kier alpha value is -0.770. The minimum atomic E-state index is -0.275. The first-order valence-corrected chi connectivity index (χ1v) is 8.83. The first-order chi connectivity index (χ1) is 10.7. The van der Waals surface area contributed by atoms with Crippen molar-refractivity contribution >= 4 is 29.9 Å². The lowest BCUT2D eigenvalue weighted by molar-refractivity contribution is -0.134. The van der Waals surface area contributed by atoms with Crippen LogP contribution in [-0.2, 0) is 10.2 Å². The quantitative estimate of drug-likeness (QED) is 0.883. The van der Waals surface area contributed by atoms with Crippen molar-refractivity contribution in [3.8, 4) is 0 Å². The fraction of sp³-hybridized carbons (Fsp3) is 0.611. The second kappa shape index (κ2) is 6.62. The van der Waals surface area contributed by atoms with Crippen molar-refractivity contribution in [3.63, 3.8) is 0 Å². The smallest absolute Gasteiger partial charge is 0.233 e. The van der Waals surface area contributed by atoms with E-state index < -0.39 is 0 Å². The fourth-order valence-electron chi connectivity index (χ4n) is 4.26. The Morgan fingerprint density at radius 3 is 2.39 bits per heavy atom. The van der Waals surface area contributed by atoms with E-state index in [4.69, 9.17) is 11.6 Å². The van der Waals surface area contributed by atoms with Crippen molar-refractivity contribution in [2.45, 2.75) is 31.1 Å². The van der Waals surface area contributed by atoms with Crippen LogP contribution in [0.25, 0.3) is 0 Å². The largest absolute Gasteiger partial charge is 0.342 e. The molecular weight excluding hydrogens is 331 g/mol. The molecule has 5 heteroatoms. The highest BCUT2D eigenvalue weighted by molar-refractivity contribution is 6.30. The average molecular weight is 355 g/mol. The van der Waals surface area contributed by atoms with Gasteiger partial charge in [0, 0.05) is 18.1 Å². The van der Waals surface area contributed by atoms with Crippen LogP contribution < -0.4 is 5.32 Å². The number of rotatable bonds is 2. The normalized spacial score (nSPS) is 28.5. The lowest BCUT2D eigenvalue weighted by Crippen LogP contribution is -2.40. The summed E-state index contributed by atoms with van der Waals surface area (Å²) in [6.07, 6.45) is 4.23. The summed E-state index contributed by atoms with van der Waals surface area (Å²) < 4.78 is 0. The van der Waals surface area contributed by atoms with Gasteiger partial charge in [-0.2, -0.15) is 0 Å². The van der Waals surface area contributed by atoms with Gasteiger partial charge in [-0.3, -0.25) is 4.79 Å². The summed E-state index contributed by atoms with van der Waals surface area (Å²) in [5.74, 6) is 1.86. The molecule has 2 atom stereocenters. The predicted molar refractivity (Wildman–Crippen MR) is 95.3 cm³/mol. The van der Waals surface area contributed by atoms with E-state index in [-0.39, 0.29) is 17.8 Å². The summed E-state index contributed by atoms with van der Waals surface area (Å²) in [5, 5.41) is 4.22. The summed E-state index contributed by atoms with van der Waals surface area (Å²) >= 11 is 6.13. The Labute approximate surface area is 149 Å². The molecule has 0 bridgehead atoms. The van der Waals surface area contributed by atoms with Gasteiger partial charge in [-0.15, -0.1) is 12.4 Å². The Bertz CT molecular complexity index is 574. The predicted octanol–water partition coefficient (Wildman–Crippen LogP) is 3.25. The van der Waals surface area contributed by atoms with E-state index in [9.17, 15) is 4.79 Å². The van der Waals surface area contributed by atoms with Crippen LogP contribution in [-0.4, -0.2) is 37.0 Å². The van der Waals surface area contributed by atoms with Crippen LogP contribution in [0.3, 0.4) is 0 Å². The second-order valence-corrected chi connectivity index (χ2v) is 7.58. The monoisotopic (exact) mass is 354 g/mol. The van der Waals surface area contributed by atoms with Crippen molar-refractivity contribution in [3.05, 3.63) is 34.9 Å². The molecule has 126 valence electrons. The van der Waals surface area contributed by atoms with Crippen molar-refractivity contribution in [1.29, 1.82) is 0 Å². The molecule has 1 aromatic rings. The van der Waals surface area contributed by atoms with Gasteiger partial charge < -0.3 is 10.2 Å². The van der Waals surface area contributed by atoms with Gasteiger partial charge >= 0.3 is 0 Å². The summed E-state index contributed by atoms with van der Waals surface area (Å²) in [6.45, 7) is 4.10. The highest BCUT2D eigenvalue weighted by Gasteiger charge is 2.53. The van der Waals surface area contributed by atoms with Crippen LogP contribution in [0, 0.1) is 11.8 Å². The van der Waals surface area contributed by atoms with Crippen molar-refractivity contribution in [1.82, 2.24) is 10.2 Å². The fourth-order valence-corrected chi connectivity index (χ4v) is 4.45. The maximum atomic E-state index is 13.1. The Kier molecular flexibility index (Phi) is 4.91. The third-order valence-corrected chi connectivity index (χ3v) is 6.08. The van der Waals surface area contributed by atoms with E-state index in [2.05, 4.69) is 16.3 Å². The van der Waals surface area contributed by atoms with E-state index in [1.807, 2.05) is 18.2 Å². The molecule has 2 saturated heterocycles. The van der Waals surface area contributed by atoms with Crippen LogP contribution in [0.5, 0.6) is 0 Å². The number of nitrogens with one attached hydrogen (secondary N) is 1. The van der Waals surface area contributed by atoms with Gasteiger partial charge in [-0.1, -0.05) is 23.7 Å². The van der Waals surface area contributed by atoms with Crippen LogP contribution in [0.1, 0.15) is 31.2 Å². The zero-order valence-electron chi connectivity index (χ0n) is 13.3. The number of benzene rings is 1. The lowest BCUT2D eigenvalue weighted by atomic mass is 9.92. The number of carbonyl (C=O) groups is 1. The van der Waals surface area contributed by atoms with Gasteiger partial charge in [-0.05, 0) is 68.3 Å². The molecule has 2 aliphatic heterocycles. The van der Waals surface area contributed by atoms with Crippen molar-refractivity contribution in [2.75, 3.05) is 26.2 Å². The van der Waals surface area contributed by atoms with Crippen LogP contribution in [0.15, 0.2) is 24.3 Å². The number of nitrogens with zero attached hydrogens (tertiary/aromatic N) is 1. The number of carbonyl (C=O) groups excluding carboxylic acids is 1. The molecule has 0 radical (unpaired) electrons. The lowest BCUT2D eigenvalue weighted by Gasteiger charge is -2.27. The highest BCUT2D eigenvalue weighted by atomic mass is 35.5. The van der Waals surface area contributed by atoms with Crippen LogP contribution in [0.2, 0.25) is 5.02 Å². The number of hydrogen-bond donors (Lipinski definition) is 1. The summed E-state index contributed by atoms with van der Waals surface area (Å²) in [5.41, 5.74) is 0.832. The van der Waals surface area contributed by atoms with Crippen molar-refractivity contribution < 1.29 is 4.79 Å². The van der Waals surface area contributed by atoms with Gasteiger partial charge in [0.1, 0.15) is 0 Å². The maximum Gasteiger partial charge on any atom is 0.233 e. The Morgan fingerprint density at radius 2 is 1.83 bits per heavy atom. The number of hydrogen-bond acceptors (Lipinski definition) is 2. The molecule has 1 amide bonds. The van der Waals surface area contributed by atoms with E-state index in [1.54, 1.807) is 0 Å².